The van der Waals surface area contributed by atoms with E-state index < -0.39 is 0 Å². The number of piperazine rings is 1. The highest BCUT2D eigenvalue weighted by Gasteiger charge is 2.28. The van der Waals surface area contributed by atoms with Crippen molar-refractivity contribution in [2.75, 3.05) is 56.9 Å². The lowest BCUT2D eigenvalue weighted by Crippen LogP contribution is -2.44. The van der Waals surface area contributed by atoms with E-state index in [2.05, 4.69) is 48.1 Å². The topological polar surface area (TPSA) is 133 Å². The molecule has 11 heteroatoms. The van der Waals surface area contributed by atoms with Gasteiger partial charge in [-0.3, -0.25) is 14.9 Å². The number of nitrogens with zero attached hydrogens (tertiary/aromatic N) is 8. The maximum Gasteiger partial charge on any atom is 0.291 e. The maximum absolute atomic E-state index is 12.6. The molecular weight excluding hydrogens is 396 g/mol. The molecule has 3 N–H and O–H groups in total. The Labute approximate surface area is 179 Å². The summed E-state index contributed by atoms with van der Waals surface area (Å²) in [6, 6.07) is 2.12. The second kappa shape index (κ2) is 8.06. The molecule has 5 rings (SSSR count). The Bertz CT molecular complexity index is 1080. The summed E-state index contributed by atoms with van der Waals surface area (Å²) in [5.74, 6) is 0.315. The van der Waals surface area contributed by atoms with Crippen molar-refractivity contribution in [1.29, 1.82) is 0 Å². The molecule has 0 radical (unpaired) electrons. The molecule has 3 aromatic heterocycles. The zero-order valence-corrected chi connectivity index (χ0v) is 17.5. The van der Waals surface area contributed by atoms with E-state index in [0.717, 1.165) is 61.4 Å². The Balaban J connectivity index is 1.31. The van der Waals surface area contributed by atoms with Crippen molar-refractivity contribution in [2.24, 2.45) is 0 Å². The van der Waals surface area contributed by atoms with Gasteiger partial charge in [0.05, 0.1) is 23.1 Å². The number of hydrogen-bond donors (Lipinski definition) is 2. The van der Waals surface area contributed by atoms with E-state index in [0.29, 0.717) is 13.1 Å². The molecule has 2 fully saturated rings. The number of piperidine rings is 1. The third-order valence-corrected chi connectivity index (χ3v) is 6.23. The smallest absolute Gasteiger partial charge is 0.291 e. The van der Waals surface area contributed by atoms with Gasteiger partial charge in [0.25, 0.3) is 5.91 Å². The van der Waals surface area contributed by atoms with Gasteiger partial charge in [-0.05, 0) is 26.0 Å². The molecule has 0 bridgehead atoms. The maximum atomic E-state index is 12.6. The largest absolute Gasteiger partial charge is 0.368 e. The van der Waals surface area contributed by atoms with E-state index in [1.165, 1.54) is 0 Å². The molecule has 0 unspecified atom stereocenters. The number of carbonyl (C=O) groups excluding carboxylic acids is 1. The van der Waals surface area contributed by atoms with Gasteiger partial charge in [0.1, 0.15) is 11.8 Å². The van der Waals surface area contributed by atoms with Crippen LogP contribution in [-0.2, 0) is 0 Å². The fourth-order valence-corrected chi connectivity index (χ4v) is 4.37. The number of likely N-dealkylation sites (tertiary alicyclic amines) is 1. The fourth-order valence-electron chi connectivity index (χ4n) is 4.37. The van der Waals surface area contributed by atoms with Crippen molar-refractivity contribution in [3.8, 4) is 0 Å². The number of carbonyl (C=O) groups is 1. The number of hydrogen-bond acceptors (Lipinski definition) is 9. The minimum Gasteiger partial charge on any atom is -0.368 e. The first kappa shape index (κ1) is 19.6. The van der Waals surface area contributed by atoms with Gasteiger partial charge in [-0.2, -0.15) is 4.98 Å². The molecule has 0 spiro atoms. The zero-order valence-electron chi connectivity index (χ0n) is 17.5. The summed E-state index contributed by atoms with van der Waals surface area (Å²) in [7, 11) is 2.15. The third kappa shape index (κ3) is 3.88. The van der Waals surface area contributed by atoms with Crippen molar-refractivity contribution in [2.45, 2.75) is 18.8 Å². The minimum absolute atomic E-state index is 0.0766. The highest BCUT2D eigenvalue weighted by atomic mass is 16.2. The number of aromatic amines is 1. The number of anilines is 2. The van der Waals surface area contributed by atoms with Gasteiger partial charge in [-0.1, -0.05) is 0 Å². The molecule has 0 atom stereocenters. The van der Waals surface area contributed by atoms with Crippen molar-refractivity contribution in [3.63, 3.8) is 0 Å². The van der Waals surface area contributed by atoms with E-state index in [9.17, 15) is 4.79 Å². The number of rotatable bonds is 3. The van der Waals surface area contributed by atoms with E-state index in [1.807, 2.05) is 6.20 Å². The quantitative estimate of drug-likeness (QED) is 0.619. The number of nitrogens with one attached hydrogen (secondary N) is 1. The van der Waals surface area contributed by atoms with Crippen LogP contribution in [0.15, 0.2) is 18.6 Å². The average molecular weight is 422 g/mol. The third-order valence-electron chi connectivity index (χ3n) is 6.23. The number of amides is 1. The monoisotopic (exact) mass is 422 g/mol. The van der Waals surface area contributed by atoms with Crippen LogP contribution < -0.4 is 10.6 Å². The van der Waals surface area contributed by atoms with Gasteiger partial charge in [-0.25, -0.2) is 9.97 Å². The van der Waals surface area contributed by atoms with Crippen LogP contribution in [-0.4, -0.2) is 92.2 Å². The molecule has 0 aliphatic carbocycles. The summed E-state index contributed by atoms with van der Waals surface area (Å²) < 4.78 is 0. The first-order chi connectivity index (χ1) is 15.1. The second-order valence-corrected chi connectivity index (χ2v) is 8.22. The highest BCUT2D eigenvalue weighted by Crippen LogP contribution is 2.31. The fraction of sp³-hybridized carbons (Fsp3) is 0.500. The molecule has 1 amide bonds. The van der Waals surface area contributed by atoms with E-state index in [-0.39, 0.29) is 23.6 Å². The standard InChI is InChI=1S/C20H26N10O/c1-28-6-8-29(9-7-28)14-10-15-17(22-11-14)16(24-12-23-15)13-2-4-30(5-3-13)19(31)18-25-20(21)27-26-18/h10-13H,2-9H2,1H3,(H3,21,25,26,27). The SMILES string of the molecule is CN1CCN(c2cnc3c(C4CCN(C(=O)c5nc(N)n[nH]5)CC4)ncnc3c2)CC1. The number of H-pyrrole nitrogens is 1. The summed E-state index contributed by atoms with van der Waals surface area (Å²) in [4.78, 5) is 36.8. The molecule has 31 heavy (non-hydrogen) atoms. The van der Waals surface area contributed by atoms with Crippen LogP contribution in [0.3, 0.4) is 0 Å². The van der Waals surface area contributed by atoms with Gasteiger partial charge in [0.15, 0.2) is 0 Å². The van der Waals surface area contributed by atoms with Crippen molar-refractivity contribution >= 4 is 28.6 Å². The first-order valence-electron chi connectivity index (χ1n) is 10.6. The summed E-state index contributed by atoms with van der Waals surface area (Å²) in [5.41, 5.74) is 9.31. The Kier molecular flexibility index (Phi) is 5.10. The van der Waals surface area contributed by atoms with Crippen LogP contribution in [0.1, 0.15) is 35.1 Å². The van der Waals surface area contributed by atoms with E-state index >= 15 is 0 Å². The number of nitrogen functional groups attached to an aromatic ring is 1. The predicted molar refractivity (Wildman–Crippen MR) is 116 cm³/mol. The van der Waals surface area contributed by atoms with Crippen molar-refractivity contribution in [1.82, 2.24) is 39.9 Å². The Hall–Kier alpha value is -3.34. The van der Waals surface area contributed by atoms with E-state index in [1.54, 1.807) is 11.2 Å². The molecular formula is C20H26N10O. The highest BCUT2D eigenvalue weighted by molar-refractivity contribution is 5.90. The van der Waals surface area contributed by atoms with Gasteiger partial charge < -0.3 is 20.4 Å². The average Bonchev–Trinajstić information content (AvgIpc) is 3.25. The molecule has 2 saturated heterocycles. The molecule has 11 nitrogen and oxygen atoms in total. The molecule has 0 aromatic carbocycles. The van der Waals surface area contributed by atoms with Gasteiger partial charge in [0.2, 0.25) is 11.8 Å². The Morgan fingerprint density at radius 1 is 1.10 bits per heavy atom. The summed E-state index contributed by atoms with van der Waals surface area (Å²) >= 11 is 0. The van der Waals surface area contributed by atoms with Gasteiger partial charge >= 0.3 is 0 Å². The van der Waals surface area contributed by atoms with Crippen LogP contribution in [0, 0.1) is 0 Å². The van der Waals surface area contributed by atoms with Crippen molar-refractivity contribution < 1.29 is 4.79 Å². The Morgan fingerprint density at radius 3 is 2.58 bits per heavy atom. The van der Waals surface area contributed by atoms with Gasteiger partial charge in [0, 0.05) is 45.2 Å². The van der Waals surface area contributed by atoms with Gasteiger partial charge in [-0.15, -0.1) is 5.10 Å². The number of aromatic nitrogens is 6. The van der Waals surface area contributed by atoms with Crippen LogP contribution in [0.4, 0.5) is 11.6 Å². The van der Waals surface area contributed by atoms with E-state index in [4.69, 9.17) is 10.7 Å². The number of fused-ring (bicyclic) bond motifs is 1. The molecule has 162 valence electrons. The summed E-state index contributed by atoms with van der Waals surface area (Å²) in [6.07, 6.45) is 5.18. The molecule has 3 aromatic rings. The number of nitrogens with two attached hydrogens (primary N) is 1. The second-order valence-electron chi connectivity index (χ2n) is 8.22. The summed E-state index contributed by atoms with van der Waals surface area (Å²) in [5, 5.41) is 6.33. The van der Waals surface area contributed by atoms with Crippen molar-refractivity contribution in [3.05, 3.63) is 30.1 Å². The first-order valence-corrected chi connectivity index (χ1v) is 10.6. The predicted octanol–water partition coefficient (Wildman–Crippen LogP) is 0.497. The Morgan fingerprint density at radius 2 is 1.87 bits per heavy atom. The lowest BCUT2D eigenvalue weighted by Gasteiger charge is -2.34. The lowest BCUT2D eigenvalue weighted by atomic mass is 9.92. The zero-order chi connectivity index (χ0) is 21.4. The van der Waals surface area contributed by atoms with Crippen LogP contribution in [0.2, 0.25) is 0 Å². The molecule has 0 saturated carbocycles. The molecule has 2 aliphatic heterocycles. The number of pyridine rings is 1. The minimum atomic E-state index is -0.176. The summed E-state index contributed by atoms with van der Waals surface area (Å²) in [6.45, 7) is 5.32. The van der Waals surface area contributed by atoms with Crippen LogP contribution >= 0.6 is 0 Å². The normalized spacial score (nSPS) is 18.6. The van der Waals surface area contributed by atoms with Crippen LogP contribution in [0.25, 0.3) is 11.0 Å². The number of likely N-dealkylation sites (N-methyl/N-ethyl adjacent to an activating group) is 1. The molecule has 5 heterocycles. The lowest BCUT2D eigenvalue weighted by molar-refractivity contribution is 0.0700. The van der Waals surface area contributed by atoms with Crippen LogP contribution in [0.5, 0.6) is 0 Å². The molecule has 2 aliphatic rings.